The van der Waals surface area contributed by atoms with E-state index < -0.39 is 0 Å². The predicted octanol–water partition coefficient (Wildman–Crippen LogP) is 2.24. The second-order valence-corrected chi connectivity index (χ2v) is 5.06. The fourth-order valence-electron chi connectivity index (χ4n) is 2.24. The number of hydrogen-bond acceptors (Lipinski definition) is 3. The van der Waals surface area contributed by atoms with Crippen LogP contribution in [0.3, 0.4) is 0 Å². The summed E-state index contributed by atoms with van der Waals surface area (Å²) in [7, 11) is 0. The van der Waals surface area contributed by atoms with Crippen LogP contribution in [0.2, 0.25) is 0 Å². The van der Waals surface area contributed by atoms with Gasteiger partial charge in [0.1, 0.15) is 12.2 Å². The maximum absolute atomic E-state index is 5.66. The van der Waals surface area contributed by atoms with Gasteiger partial charge in [-0.05, 0) is 37.6 Å². The van der Waals surface area contributed by atoms with Crippen molar-refractivity contribution in [2.75, 3.05) is 6.54 Å². The number of hydrogen-bond donors (Lipinski definition) is 1. The molecule has 1 atom stereocenters. The molecule has 0 amide bonds. The summed E-state index contributed by atoms with van der Waals surface area (Å²) in [4.78, 5) is 0. The van der Waals surface area contributed by atoms with Gasteiger partial charge >= 0.3 is 0 Å². The number of aromatic nitrogens is 3. The molecule has 1 rings (SSSR count). The average Bonchev–Trinajstić information content (AvgIpc) is 2.72. The quantitative estimate of drug-likeness (QED) is 0.755. The minimum Gasteiger partial charge on any atom is -0.330 e. The summed E-state index contributed by atoms with van der Waals surface area (Å²) in [5.41, 5.74) is 5.66. The minimum absolute atomic E-state index is 0.695. The van der Waals surface area contributed by atoms with Crippen molar-refractivity contribution in [1.29, 1.82) is 0 Å². The second-order valence-electron chi connectivity index (χ2n) is 5.06. The Morgan fingerprint density at radius 1 is 1.35 bits per heavy atom. The van der Waals surface area contributed by atoms with Crippen molar-refractivity contribution in [2.45, 2.75) is 53.0 Å². The van der Waals surface area contributed by atoms with Gasteiger partial charge < -0.3 is 10.3 Å². The van der Waals surface area contributed by atoms with Crippen molar-refractivity contribution < 1.29 is 0 Å². The molecule has 1 aromatic heterocycles. The minimum atomic E-state index is 0.695. The molecule has 1 heterocycles. The molecule has 98 valence electrons. The smallest absolute Gasteiger partial charge is 0.132 e. The van der Waals surface area contributed by atoms with Crippen molar-refractivity contribution in [3.8, 4) is 0 Å². The van der Waals surface area contributed by atoms with Gasteiger partial charge in [0.25, 0.3) is 0 Å². The number of aryl methyl sites for hydroxylation is 2. The molecule has 0 fully saturated rings. The normalized spacial score (nSPS) is 13.2. The summed E-state index contributed by atoms with van der Waals surface area (Å²) >= 11 is 0. The van der Waals surface area contributed by atoms with Gasteiger partial charge in [0.15, 0.2) is 0 Å². The molecule has 0 aliphatic carbocycles. The molecule has 1 unspecified atom stereocenters. The van der Waals surface area contributed by atoms with Crippen LogP contribution in [0, 0.1) is 11.8 Å². The Balaban J connectivity index is 2.49. The van der Waals surface area contributed by atoms with Gasteiger partial charge in [-0.1, -0.05) is 20.8 Å². The Morgan fingerprint density at radius 3 is 2.71 bits per heavy atom. The fraction of sp³-hybridized carbons (Fsp3) is 0.846. The summed E-state index contributed by atoms with van der Waals surface area (Å²) in [5.74, 6) is 2.52. The van der Waals surface area contributed by atoms with E-state index in [0.29, 0.717) is 11.8 Å². The van der Waals surface area contributed by atoms with E-state index in [1.165, 1.54) is 0 Å². The van der Waals surface area contributed by atoms with Gasteiger partial charge in [-0.15, -0.1) is 10.2 Å². The first-order valence-electron chi connectivity index (χ1n) is 6.75. The van der Waals surface area contributed by atoms with Gasteiger partial charge in [-0.2, -0.15) is 0 Å². The Labute approximate surface area is 105 Å². The number of rotatable bonds is 8. The topological polar surface area (TPSA) is 56.7 Å². The van der Waals surface area contributed by atoms with Gasteiger partial charge in [0.2, 0.25) is 0 Å². The zero-order valence-corrected chi connectivity index (χ0v) is 11.4. The predicted molar refractivity (Wildman–Crippen MR) is 70.6 cm³/mol. The lowest BCUT2D eigenvalue weighted by Gasteiger charge is -2.19. The zero-order chi connectivity index (χ0) is 12.7. The van der Waals surface area contributed by atoms with Crippen LogP contribution in [-0.2, 0) is 13.0 Å². The van der Waals surface area contributed by atoms with E-state index in [1.54, 1.807) is 0 Å². The van der Waals surface area contributed by atoms with E-state index >= 15 is 0 Å². The molecule has 0 aliphatic rings. The third kappa shape index (κ3) is 4.46. The first-order valence-corrected chi connectivity index (χ1v) is 6.75. The first kappa shape index (κ1) is 14.2. The lowest BCUT2D eigenvalue weighted by Crippen LogP contribution is -2.16. The second kappa shape index (κ2) is 7.43. The Bertz CT molecular complexity index is 306. The van der Waals surface area contributed by atoms with Crippen molar-refractivity contribution in [3.63, 3.8) is 0 Å². The van der Waals surface area contributed by atoms with Crippen molar-refractivity contribution >= 4 is 0 Å². The Morgan fingerprint density at radius 2 is 2.12 bits per heavy atom. The molecule has 1 aromatic rings. The molecular weight excluding hydrogens is 212 g/mol. The highest BCUT2D eigenvalue weighted by Gasteiger charge is 2.14. The van der Waals surface area contributed by atoms with Gasteiger partial charge in [0.05, 0.1) is 0 Å². The summed E-state index contributed by atoms with van der Waals surface area (Å²) in [6.07, 6.45) is 6.26. The van der Waals surface area contributed by atoms with E-state index in [9.17, 15) is 0 Å². The van der Waals surface area contributed by atoms with Crippen molar-refractivity contribution in [3.05, 3.63) is 12.2 Å². The van der Waals surface area contributed by atoms with Crippen molar-refractivity contribution in [2.24, 2.45) is 17.6 Å². The summed E-state index contributed by atoms with van der Waals surface area (Å²) in [6.45, 7) is 8.53. The Hall–Kier alpha value is -0.900. The highest BCUT2D eigenvalue weighted by Crippen LogP contribution is 2.20. The number of nitrogens with zero attached hydrogens (tertiary/aromatic N) is 3. The van der Waals surface area contributed by atoms with Crippen LogP contribution in [-0.4, -0.2) is 21.3 Å². The van der Waals surface area contributed by atoms with Gasteiger partial charge in [0, 0.05) is 13.0 Å². The van der Waals surface area contributed by atoms with Crippen LogP contribution >= 0.6 is 0 Å². The zero-order valence-electron chi connectivity index (χ0n) is 11.4. The molecule has 0 bridgehead atoms. The lowest BCUT2D eigenvalue weighted by molar-refractivity contribution is 0.337. The third-order valence-electron chi connectivity index (χ3n) is 3.38. The van der Waals surface area contributed by atoms with E-state index in [4.69, 9.17) is 5.73 Å². The fourth-order valence-corrected chi connectivity index (χ4v) is 2.24. The monoisotopic (exact) mass is 238 g/mol. The molecule has 0 aliphatic heterocycles. The molecular formula is C13H26N4. The third-order valence-corrected chi connectivity index (χ3v) is 3.38. The molecule has 0 saturated heterocycles. The molecule has 4 nitrogen and oxygen atoms in total. The van der Waals surface area contributed by atoms with E-state index in [-0.39, 0.29) is 0 Å². The van der Waals surface area contributed by atoms with E-state index in [0.717, 1.165) is 44.6 Å². The van der Waals surface area contributed by atoms with Crippen LogP contribution in [0.15, 0.2) is 6.33 Å². The maximum Gasteiger partial charge on any atom is 0.132 e. The standard InChI is InChI=1S/C13H26N4/c1-4-9-17-10-15-16-13(17)6-5-12(7-8-14)11(2)3/h10-12H,4-9,14H2,1-3H3. The van der Waals surface area contributed by atoms with E-state index in [2.05, 4.69) is 35.5 Å². The molecule has 0 spiro atoms. The SMILES string of the molecule is CCCn1cnnc1CCC(CCN)C(C)C. The van der Waals surface area contributed by atoms with E-state index in [1.807, 2.05) is 6.33 Å². The number of nitrogens with two attached hydrogens (primary N) is 1. The van der Waals surface area contributed by atoms with Crippen LogP contribution in [0.1, 0.15) is 45.9 Å². The highest BCUT2D eigenvalue weighted by atomic mass is 15.3. The van der Waals surface area contributed by atoms with Crippen LogP contribution in [0.4, 0.5) is 0 Å². The Kier molecular flexibility index (Phi) is 6.19. The lowest BCUT2D eigenvalue weighted by atomic mass is 9.88. The summed E-state index contributed by atoms with van der Waals surface area (Å²) in [6, 6.07) is 0. The van der Waals surface area contributed by atoms with Gasteiger partial charge in [-0.3, -0.25) is 0 Å². The van der Waals surface area contributed by atoms with Gasteiger partial charge in [-0.25, -0.2) is 0 Å². The molecule has 17 heavy (non-hydrogen) atoms. The summed E-state index contributed by atoms with van der Waals surface area (Å²) in [5, 5.41) is 8.21. The molecule has 0 saturated carbocycles. The van der Waals surface area contributed by atoms with Crippen LogP contribution in [0.5, 0.6) is 0 Å². The summed E-state index contributed by atoms with van der Waals surface area (Å²) < 4.78 is 2.17. The highest BCUT2D eigenvalue weighted by molar-refractivity contribution is 4.87. The first-order chi connectivity index (χ1) is 8.19. The molecule has 4 heteroatoms. The van der Waals surface area contributed by atoms with Crippen LogP contribution < -0.4 is 5.73 Å². The van der Waals surface area contributed by atoms with Crippen LogP contribution in [0.25, 0.3) is 0 Å². The maximum atomic E-state index is 5.66. The largest absolute Gasteiger partial charge is 0.330 e. The molecule has 0 aromatic carbocycles. The molecule has 2 N–H and O–H groups in total. The van der Waals surface area contributed by atoms with Crippen molar-refractivity contribution in [1.82, 2.24) is 14.8 Å². The molecule has 0 radical (unpaired) electrons. The average molecular weight is 238 g/mol.